The topological polar surface area (TPSA) is 12.9 Å². The monoisotopic (exact) mass is 169 g/mol. The quantitative estimate of drug-likeness (QED) is 0.582. The summed E-state index contributed by atoms with van der Waals surface area (Å²) in [5.41, 5.74) is 1.19. The van der Waals surface area contributed by atoms with Gasteiger partial charge in [0.1, 0.15) is 0 Å². The van der Waals surface area contributed by atoms with Crippen LogP contribution in [0.25, 0.3) is 0 Å². The van der Waals surface area contributed by atoms with Gasteiger partial charge in [-0.15, -0.1) is 0 Å². The highest BCUT2D eigenvalue weighted by molar-refractivity contribution is 6.30. The molecule has 0 amide bonds. The van der Waals surface area contributed by atoms with Crippen molar-refractivity contribution in [3.05, 3.63) is 29.0 Å². The standard InChI is InChI=1S/C9H12ClN/c1-9(2,3)8-5-4-7(10)6-11-8/h4-6H,1-3H3. The van der Waals surface area contributed by atoms with Crippen molar-refractivity contribution in [2.75, 3.05) is 0 Å². The zero-order chi connectivity index (χ0) is 8.48. The fraction of sp³-hybridized carbons (Fsp3) is 0.444. The smallest absolute Gasteiger partial charge is 0.0589 e. The maximum Gasteiger partial charge on any atom is 0.0589 e. The lowest BCUT2D eigenvalue weighted by atomic mass is 9.92. The second-order valence-corrected chi connectivity index (χ2v) is 4.05. The third kappa shape index (κ3) is 2.19. The molecule has 0 aromatic carbocycles. The molecule has 1 aromatic rings. The van der Waals surface area contributed by atoms with Gasteiger partial charge in [-0.2, -0.15) is 0 Å². The van der Waals surface area contributed by atoms with E-state index in [-0.39, 0.29) is 5.41 Å². The van der Waals surface area contributed by atoms with E-state index in [1.165, 1.54) is 0 Å². The minimum absolute atomic E-state index is 0.116. The lowest BCUT2D eigenvalue weighted by Gasteiger charge is -2.16. The molecule has 0 fully saturated rings. The summed E-state index contributed by atoms with van der Waals surface area (Å²) in [5, 5.41) is 0.693. The maximum absolute atomic E-state index is 5.70. The van der Waals surface area contributed by atoms with Crippen LogP contribution in [0.2, 0.25) is 5.02 Å². The Morgan fingerprint density at radius 2 is 1.91 bits per heavy atom. The van der Waals surface area contributed by atoms with Gasteiger partial charge in [0.05, 0.1) is 5.02 Å². The number of hydrogen-bond acceptors (Lipinski definition) is 1. The fourth-order valence-corrected chi connectivity index (χ4v) is 0.931. The summed E-state index contributed by atoms with van der Waals surface area (Å²) in [7, 11) is 0. The van der Waals surface area contributed by atoms with E-state index >= 15 is 0 Å². The van der Waals surface area contributed by atoms with Crippen molar-refractivity contribution in [1.29, 1.82) is 0 Å². The molecule has 0 saturated carbocycles. The van der Waals surface area contributed by atoms with Crippen LogP contribution in [0.4, 0.5) is 0 Å². The molecule has 0 spiro atoms. The van der Waals surface area contributed by atoms with Gasteiger partial charge in [-0.1, -0.05) is 32.4 Å². The minimum atomic E-state index is 0.116. The summed E-state index contributed by atoms with van der Waals surface area (Å²) in [6.07, 6.45) is 1.68. The van der Waals surface area contributed by atoms with Gasteiger partial charge in [0.25, 0.3) is 0 Å². The molecule has 11 heavy (non-hydrogen) atoms. The highest BCUT2D eigenvalue weighted by Crippen LogP contribution is 2.20. The second kappa shape index (κ2) is 2.82. The van der Waals surface area contributed by atoms with Gasteiger partial charge in [0.15, 0.2) is 0 Å². The van der Waals surface area contributed by atoms with Gasteiger partial charge in [0.2, 0.25) is 0 Å². The van der Waals surface area contributed by atoms with Gasteiger partial charge < -0.3 is 0 Å². The molecule has 0 saturated heterocycles. The molecular formula is C9H12ClN. The third-order valence-corrected chi connectivity index (χ3v) is 1.72. The van der Waals surface area contributed by atoms with Crippen LogP contribution in [-0.4, -0.2) is 4.98 Å². The molecule has 0 unspecified atom stereocenters. The zero-order valence-corrected chi connectivity index (χ0v) is 7.81. The van der Waals surface area contributed by atoms with E-state index in [1.807, 2.05) is 12.1 Å². The molecule has 1 rings (SSSR count). The molecule has 0 bridgehead atoms. The molecule has 0 atom stereocenters. The number of nitrogens with zero attached hydrogens (tertiary/aromatic N) is 1. The van der Waals surface area contributed by atoms with Crippen LogP contribution in [-0.2, 0) is 5.41 Å². The lowest BCUT2D eigenvalue weighted by Crippen LogP contribution is -2.12. The molecule has 60 valence electrons. The molecule has 1 aromatic heterocycles. The van der Waals surface area contributed by atoms with Crippen molar-refractivity contribution in [2.24, 2.45) is 0 Å². The Labute approximate surface area is 72.4 Å². The van der Waals surface area contributed by atoms with E-state index < -0.39 is 0 Å². The molecule has 0 N–H and O–H groups in total. The van der Waals surface area contributed by atoms with Crippen molar-refractivity contribution in [1.82, 2.24) is 4.98 Å². The Morgan fingerprint density at radius 3 is 2.27 bits per heavy atom. The first-order chi connectivity index (χ1) is 5.00. The first-order valence-electron chi connectivity index (χ1n) is 3.62. The van der Waals surface area contributed by atoms with Crippen LogP contribution in [0, 0.1) is 0 Å². The predicted octanol–water partition coefficient (Wildman–Crippen LogP) is 3.03. The van der Waals surface area contributed by atoms with Crippen molar-refractivity contribution >= 4 is 11.6 Å². The minimum Gasteiger partial charge on any atom is -0.259 e. The van der Waals surface area contributed by atoms with Crippen molar-refractivity contribution in [3.8, 4) is 0 Å². The SMILES string of the molecule is CC(C)(C)c1ccc(Cl)cn1. The molecule has 0 aliphatic heterocycles. The van der Waals surface area contributed by atoms with Gasteiger partial charge in [-0.05, 0) is 12.1 Å². The zero-order valence-electron chi connectivity index (χ0n) is 7.06. The summed E-state index contributed by atoms with van der Waals surface area (Å²) in [5.74, 6) is 0. The van der Waals surface area contributed by atoms with E-state index in [0.717, 1.165) is 5.69 Å². The molecule has 2 heteroatoms. The molecule has 0 radical (unpaired) electrons. The normalized spacial score (nSPS) is 11.6. The summed E-state index contributed by atoms with van der Waals surface area (Å²) in [4.78, 5) is 4.22. The van der Waals surface area contributed by atoms with Gasteiger partial charge >= 0.3 is 0 Å². The largest absolute Gasteiger partial charge is 0.259 e. The fourth-order valence-electron chi connectivity index (χ4n) is 0.819. The summed E-state index contributed by atoms with van der Waals surface area (Å²) in [6.45, 7) is 6.38. The van der Waals surface area contributed by atoms with Crippen molar-refractivity contribution in [2.45, 2.75) is 26.2 Å². The van der Waals surface area contributed by atoms with Crippen LogP contribution in [0.15, 0.2) is 18.3 Å². The Morgan fingerprint density at radius 1 is 1.27 bits per heavy atom. The third-order valence-electron chi connectivity index (χ3n) is 1.50. The van der Waals surface area contributed by atoms with E-state index in [9.17, 15) is 0 Å². The Bertz CT molecular complexity index is 233. The summed E-state index contributed by atoms with van der Waals surface area (Å²) in [6, 6.07) is 3.83. The van der Waals surface area contributed by atoms with Crippen LogP contribution in [0.5, 0.6) is 0 Å². The Kier molecular flexibility index (Phi) is 2.19. The van der Waals surface area contributed by atoms with Crippen LogP contribution < -0.4 is 0 Å². The molecule has 0 aliphatic carbocycles. The van der Waals surface area contributed by atoms with Gasteiger partial charge in [-0.25, -0.2) is 0 Å². The first kappa shape index (κ1) is 8.54. The van der Waals surface area contributed by atoms with E-state index in [2.05, 4.69) is 25.8 Å². The molecule has 1 nitrogen and oxygen atoms in total. The lowest BCUT2D eigenvalue weighted by molar-refractivity contribution is 0.569. The first-order valence-corrected chi connectivity index (χ1v) is 4.00. The number of hydrogen-bond donors (Lipinski definition) is 0. The number of rotatable bonds is 0. The van der Waals surface area contributed by atoms with E-state index in [0.29, 0.717) is 5.02 Å². The van der Waals surface area contributed by atoms with Crippen LogP contribution >= 0.6 is 11.6 Å². The maximum atomic E-state index is 5.70. The Hall–Kier alpha value is -0.560. The van der Waals surface area contributed by atoms with Crippen LogP contribution in [0.3, 0.4) is 0 Å². The summed E-state index contributed by atoms with van der Waals surface area (Å²) < 4.78 is 0. The second-order valence-electron chi connectivity index (χ2n) is 3.61. The molecule has 1 heterocycles. The highest BCUT2D eigenvalue weighted by Gasteiger charge is 2.14. The molecular weight excluding hydrogens is 158 g/mol. The molecule has 0 aliphatic rings. The average molecular weight is 170 g/mol. The summed E-state index contributed by atoms with van der Waals surface area (Å²) >= 11 is 5.70. The predicted molar refractivity (Wildman–Crippen MR) is 47.9 cm³/mol. The number of pyridine rings is 1. The van der Waals surface area contributed by atoms with E-state index in [1.54, 1.807) is 6.20 Å². The van der Waals surface area contributed by atoms with Crippen molar-refractivity contribution < 1.29 is 0 Å². The number of halogens is 1. The average Bonchev–Trinajstić information content (AvgIpc) is 1.86. The van der Waals surface area contributed by atoms with Gasteiger partial charge in [-0.3, -0.25) is 4.98 Å². The van der Waals surface area contributed by atoms with E-state index in [4.69, 9.17) is 11.6 Å². The van der Waals surface area contributed by atoms with Crippen molar-refractivity contribution in [3.63, 3.8) is 0 Å². The van der Waals surface area contributed by atoms with Gasteiger partial charge in [0, 0.05) is 17.3 Å². The highest BCUT2D eigenvalue weighted by atomic mass is 35.5. The Balaban J connectivity index is 2.99. The van der Waals surface area contributed by atoms with Crippen LogP contribution in [0.1, 0.15) is 26.5 Å². The number of aromatic nitrogens is 1.